The third-order valence-corrected chi connectivity index (χ3v) is 8.24. The fraction of sp³-hybridized carbons (Fsp3) is 0.333. The Morgan fingerprint density at radius 3 is 2.38 bits per heavy atom. The summed E-state index contributed by atoms with van der Waals surface area (Å²) in [6.07, 6.45) is 0.975. The van der Waals surface area contributed by atoms with Gasteiger partial charge in [-0.3, -0.25) is 14.5 Å². The van der Waals surface area contributed by atoms with E-state index in [0.29, 0.717) is 43.3 Å². The minimum Gasteiger partial charge on any atom is -0.338 e. The number of rotatable bonds is 4. The van der Waals surface area contributed by atoms with Crippen LogP contribution in [0.4, 0.5) is 0 Å². The van der Waals surface area contributed by atoms with Gasteiger partial charge in [0.05, 0.1) is 23.2 Å². The molecule has 3 heterocycles. The minimum atomic E-state index is -0.0710. The topological polar surface area (TPSA) is 43.9 Å². The molecule has 176 valence electrons. The summed E-state index contributed by atoms with van der Waals surface area (Å²) in [6, 6.07) is 17.9. The fourth-order valence-electron chi connectivity index (χ4n) is 5.03. The highest BCUT2D eigenvalue weighted by Crippen LogP contribution is 2.38. The number of halogens is 1. The zero-order valence-electron chi connectivity index (χ0n) is 19.2. The lowest BCUT2D eigenvalue weighted by atomic mass is 9.90. The summed E-state index contributed by atoms with van der Waals surface area (Å²) in [5.41, 5.74) is 4.36. The van der Waals surface area contributed by atoms with Gasteiger partial charge in [-0.25, -0.2) is 0 Å². The molecule has 5 nitrogen and oxygen atoms in total. The SMILES string of the molecule is Cc1ccccc1C1c2ccsc2CCN1CC(=O)N1CCN(C(=O)c2ccccc2Cl)CC1. The van der Waals surface area contributed by atoms with Gasteiger partial charge < -0.3 is 9.80 Å². The molecule has 2 amide bonds. The van der Waals surface area contributed by atoms with E-state index in [2.05, 4.69) is 47.5 Å². The zero-order valence-corrected chi connectivity index (χ0v) is 20.8. The number of aryl methyl sites for hydroxylation is 1. The fourth-order valence-corrected chi connectivity index (χ4v) is 6.15. The Balaban J connectivity index is 1.27. The number of benzene rings is 2. The number of amides is 2. The molecule has 5 rings (SSSR count). The molecule has 0 spiro atoms. The predicted molar refractivity (Wildman–Crippen MR) is 137 cm³/mol. The molecule has 1 aromatic heterocycles. The van der Waals surface area contributed by atoms with Crippen molar-refractivity contribution in [2.45, 2.75) is 19.4 Å². The number of hydrogen-bond donors (Lipinski definition) is 0. The second-order valence-corrected chi connectivity index (χ2v) is 10.3. The van der Waals surface area contributed by atoms with Crippen LogP contribution in [0.5, 0.6) is 0 Å². The van der Waals surface area contributed by atoms with E-state index < -0.39 is 0 Å². The summed E-state index contributed by atoms with van der Waals surface area (Å²) < 4.78 is 0. The van der Waals surface area contributed by atoms with Crippen molar-refractivity contribution < 1.29 is 9.59 Å². The summed E-state index contributed by atoms with van der Waals surface area (Å²) in [6.45, 7) is 5.52. The van der Waals surface area contributed by atoms with Crippen LogP contribution in [0, 0.1) is 6.92 Å². The highest BCUT2D eigenvalue weighted by molar-refractivity contribution is 7.10. The average Bonchev–Trinajstić information content (AvgIpc) is 3.33. The summed E-state index contributed by atoms with van der Waals surface area (Å²) in [7, 11) is 0. The zero-order chi connectivity index (χ0) is 23.7. The number of nitrogens with zero attached hydrogens (tertiary/aromatic N) is 3. The van der Waals surface area contributed by atoms with Crippen LogP contribution in [0.15, 0.2) is 60.0 Å². The van der Waals surface area contributed by atoms with E-state index in [-0.39, 0.29) is 17.9 Å². The normalized spacial score (nSPS) is 18.6. The number of fused-ring (bicyclic) bond motifs is 1. The standard InChI is InChI=1S/C27H28ClN3O2S/c1-19-6-2-3-7-20(19)26-22-11-17-34-24(22)10-12-31(26)18-25(32)29-13-15-30(16-14-29)27(33)21-8-4-5-9-23(21)28/h2-9,11,17,26H,10,12-16,18H2,1H3. The Labute approximate surface area is 209 Å². The maximum atomic E-state index is 13.3. The van der Waals surface area contributed by atoms with E-state index in [0.717, 1.165) is 13.0 Å². The molecule has 0 aliphatic carbocycles. The molecule has 2 aromatic carbocycles. The van der Waals surface area contributed by atoms with Gasteiger partial charge in [0.2, 0.25) is 5.91 Å². The van der Waals surface area contributed by atoms with Crippen molar-refractivity contribution in [1.82, 2.24) is 14.7 Å². The first-order chi connectivity index (χ1) is 16.5. The van der Waals surface area contributed by atoms with Crippen molar-refractivity contribution in [3.8, 4) is 0 Å². The van der Waals surface area contributed by atoms with Crippen molar-refractivity contribution in [3.63, 3.8) is 0 Å². The lowest BCUT2D eigenvalue weighted by Gasteiger charge is -2.39. The molecule has 3 aromatic rings. The molecule has 0 saturated carbocycles. The molecular weight excluding hydrogens is 466 g/mol. The van der Waals surface area contributed by atoms with Crippen LogP contribution in [0.25, 0.3) is 0 Å². The van der Waals surface area contributed by atoms with Gasteiger partial charge in [0.15, 0.2) is 0 Å². The molecular formula is C27H28ClN3O2S. The number of thiophene rings is 1. The molecule has 1 fully saturated rings. The molecule has 1 unspecified atom stereocenters. The molecule has 1 atom stereocenters. The van der Waals surface area contributed by atoms with Crippen LogP contribution in [0.1, 0.15) is 38.0 Å². The van der Waals surface area contributed by atoms with Crippen LogP contribution in [-0.4, -0.2) is 65.8 Å². The Morgan fingerprint density at radius 2 is 1.62 bits per heavy atom. The maximum Gasteiger partial charge on any atom is 0.255 e. The van der Waals surface area contributed by atoms with Crippen molar-refractivity contribution in [3.05, 3.63) is 92.1 Å². The van der Waals surface area contributed by atoms with Gasteiger partial charge >= 0.3 is 0 Å². The first-order valence-electron chi connectivity index (χ1n) is 11.7. The van der Waals surface area contributed by atoms with Gasteiger partial charge in [-0.1, -0.05) is 48.0 Å². The summed E-state index contributed by atoms with van der Waals surface area (Å²) in [5, 5.41) is 2.63. The van der Waals surface area contributed by atoms with E-state index in [1.54, 1.807) is 17.0 Å². The first kappa shape index (κ1) is 23.1. The molecule has 0 radical (unpaired) electrons. The van der Waals surface area contributed by atoms with Crippen molar-refractivity contribution in [2.75, 3.05) is 39.3 Å². The Hall–Kier alpha value is -2.67. The Kier molecular flexibility index (Phi) is 6.73. The average molecular weight is 494 g/mol. The van der Waals surface area contributed by atoms with Gasteiger partial charge in [0.1, 0.15) is 0 Å². The molecule has 2 aliphatic rings. The minimum absolute atomic E-state index is 0.0710. The van der Waals surface area contributed by atoms with Gasteiger partial charge in [-0.05, 0) is 53.6 Å². The highest BCUT2D eigenvalue weighted by atomic mass is 35.5. The van der Waals surface area contributed by atoms with E-state index in [9.17, 15) is 9.59 Å². The maximum absolute atomic E-state index is 13.3. The Morgan fingerprint density at radius 1 is 0.912 bits per heavy atom. The Bertz CT molecular complexity index is 1200. The van der Waals surface area contributed by atoms with Crippen LogP contribution in [0.2, 0.25) is 5.02 Å². The first-order valence-corrected chi connectivity index (χ1v) is 13.0. The highest BCUT2D eigenvalue weighted by Gasteiger charge is 2.33. The van der Waals surface area contributed by atoms with Crippen LogP contribution in [0.3, 0.4) is 0 Å². The quantitative estimate of drug-likeness (QED) is 0.531. The largest absolute Gasteiger partial charge is 0.338 e. The molecule has 0 bridgehead atoms. The number of hydrogen-bond acceptors (Lipinski definition) is 4. The van der Waals surface area contributed by atoms with Crippen LogP contribution in [-0.2, 0) is 11.2 Å². The van der Waals surface area contributed by atoms with Gasteiger partial charge in [-0.2, -0.15) is 0 Å². The van der Waals surface area contributed by atoms with Crippen molar-refractivity contribution in [2.24, 2.45) is 0 Å². The molecule has 1 saturated heterocycles. The van der Waals surface area contributed by atoms with E-state index in [4.69, 9.17) is 11.6 Å². The van der Waals surface area contributed by atoms with Gasteiger partial charge in [0.25, 0.3) is 5.91 Å². The number of carbonyl (C=O) groups excluding carboxylic acids is 2. The van der Waals surface area contributed by atoms with Gasteiger partial charge in [0, 0.05) is 37.6 Å². The van der Waals surface area contributed by atoms with Crippen LogP contribution < -0.4 is 0 Å². The summed E-state index contributed by atoms with van der Waals surface area (Å²) in [4.78, 5) is 33.6. The van der Waals surface area contributed by atoms with E-state index in [1.807, 2.05) is 28.4 Å². The van der Waals surface area contributed by atoms with E-state index in [1.165, 1.54) is 21.6 Å². The second kappa shape index (κ2) is 9.90. The van der Waals surface area contributed by atoms with Crippen LogP contribution >= 0.6 is 22.9 Å². The third-order valence-electron chi connectivity index (χ3n) is 6.91. The number of piperazine rings is 1. The third kappa shape index (κ3) is 4.50. The molecule has 0 N–H and O–H groups in total. The molecule has 7 heteroatoms. The lowest BCUT2D eigenvalue weighted by Crippen LogP contribution is -2.53. The van der Waals surface area contributed by atoms with Crippen molar-refractivity contribution in [1.29, 1.82) is 0 Å². The molecule has 34 heavy (non-hydrogen) atoms. The predicted octanol–water partition coefficient (Wildman–Crippen LogP) is 4.64. The monoisotopic (exact) mass is 493 g/mol. The molecule has 2 aliphatic heterocycles. The number of carbonyl (C=O) groups is 2. The summed E-state index contributed by atoms with van der Waals surface area (Å²) >= 11 is 8.02. The second-order valence-electron chi connectivity index (χ2n) is 8.93. The summed E-state index contributed by atoms with van der Waals surface area (Å²) in [5.74, 6) is 0.0560. The van der Waals surface area contributed by atoms with E-state index >= 15 is 0 Å². The smallest absolute Gasteiger partial charge is 0.255 e. The van der Waals surface area contributed by atoms with Gasteiger partial charge in [-0.15, -0.1) is 11.3 Å². The lowest BCUT2D eigenvalue weighted by molar-refractivity contribution is -0.134. The van der Waals surface area contributed by atoms with Crippen molar-refractivity contribution >= 4 is 34.8 Å².